The largest absolute Gasteiger partial charge is 0.370 e. The summed E-state index contributed by atoms with van der Waals surface area (Å²) >= 11 is 0. The molecule has 2 fully saturated rings. The first-order valence-corrected chi connectivity index (χ1v) is 10.4. The SMILES string of the molecule is COC(OC)C1CCN(c2cccc3c2n(C)c(=O)n3C2CCCNC2)CC1. The van der Waals surface area contributed by atoms with E-state index >= 15 is 0 Å². The number of para-hydroxylation sites is 1. The molecule has 28 heavy (non-hydrogen) atoms. The average Bonchev–Trinajstić information content (AvgIpc) is 3.00. The summed E-state index contributed by atoms with van der Waals surface area (Å²) in [6, 6.07) is 6.56. The van der Waals surface area contributed by atoms with E-state index in [9.17, 15) is 4.79 Å². The predicted octanol–water partition coefficient (Wildman–Crippen LogP) is 2.10. The minimum atomic E-state index is -0.137. The summed E-state index contributed by atoms with van der Waals surface area (Å²) in [5.74, 6) is 0.409. The lowest BCUT2D eigenvalue weighted by Gasteiger charge is -2.36. The Bertz CT molecular complexity index is 856. The fourth-order valence-corrected chi connectivity index (χ4v) is 4.97. The molecule has 1 N–H and O–H groups in total. The molecule has 1 aromatic carbocycles. The van der Waals surface area contributed by atoms with Gasteiger partial charge in [-0.3, -0.25) is 9.13 Å². The average molecular weight is 389 g/mol. The zero-order valence-corrected chi connectivity index (χ0v) is 17.2. The normalized spacial score (nSPS) is 21.7. The number of fused-ring (bicyclic) bond motifs is 1. The van der Waals surface area contributed by atoms with Crippen molar-refractivity contribution in [2.75, 3.05) is 45.3 Å². The van der Waals surface area contributed by atoms with Gasteiger partial charge in [-0.15, -0.1) is 0 Å². The molecule has 2 aliphatic heterocycles. The Labute approximate surface area is 166 Å². The number of aryl methyl sites for hydroxylation is 1. The maximum Gasteiger partial charge on any atom is 0.329 e. The molecular formula is C21H32N4O3. The molecular weight excluding hydrogens is 356 g/mol. The number of anilines is 1. The summed E-state index contributed by atoms with van der Waals surface area (Å²) in [5.41, 5.74) is 3.34. The topological polar surface area (TPSA) is 60.7 Å². The molecule has 0 spiro atoms. The lowest BCUT2D eigenvalue weighted by molar-refractivity contribution is -0.141. The van der Waals surface area contributed by atoms with Gasteiger partial charge in [-0.1, -0.05) is 6.07 Å². The molecule has 2 saturated heterocycles. The fraction of sp³-hybridized carbons (Fsp3) is 0.667. The molecule has 1 aromatic heterocycles. The van der Waals surface area contributed by atoms with Crippen LogP contribution < -0.4 is 15.9 Å². The molecule has 0 aliphatic carbocycles. The van der Waals surface area contributed by atoms with Crippen LogP contribution in [0.25, 0.3) is 11.0 Å². The van der Waals surface area contributed by atoms with Crippen LogP contribution in [0.3, 0.4) is 0 Å². The Kier molecular flexibility index (Phi) is 5.75. The molecule has 0 saturated carbocycles. The summed E-state index contributed by atoms with van der Waals surface area (Å²) in [6.45, 7) is 3.79. The van der Waals surface area contributed by atoms with Crippen molar-refractivity contribution < 1.29 is 9.47 Å². The van der Waals surface area contributed by atoms with Gasteiger partial charge in [-0.2, -0.15) is 0 Å². The number of methoxy groups -OCH3 is 2. The first kappa shape index (κ1) is 19.5. The highest BCUT2D eigenvalue weighted by molar-refractivity contribution is 5.89. The first-order chi connectivity index (χ1) is 13.7. The van der Waals surface area contributed by atoms with Crippen LogP contribution in [0.2, 0.25) is 0 Å². The van der Waals surface area contributed by atoms with E-state index in [1.807, 2.05) is 16.2 Å². The van der Waals surface area contributed by atoms with E-state index in [0.717, 1.165) is 68.6 Å². The smallest absolute Gasteiger partial charge is 0.329 e. The van der Waals surface area contributed by atoms with Gasteiger partial charge in [-0.05, 0) is 44.4 Å². The molecule has 2 aliphatic rings. The molecule has 0 bridgehead atoms. The minimum absolute atomic E-state index is 0.0878. The molecule has 3 heterocycles. The first-order valence-electron chi connectivity index (χ1n) is 10.4. The van der Waals surface area contributed by atoms with Crippen LogP contribution in [0.15, 0.2) is 23.0 Å². The summed E-state index contributed by atoms with van der Waals surface area (Å²) in [5, 5.41) is 3.44. The fourth-order valence-electron chi connectivity index (χ4n) is 4.97. The van der Waals surface area contributed by atoms with Gasteiger partial charge < -0.3 is 19.7 Å². The number of benzene rings is 1. The van der Waals surface area contributed by atoms with E-state index in [1.54, 1.807) is 14.2 Å². The molecule has 154 valence electrons. The van der Waals surface area contributed by atoms with Crippen molar-refractivity contribution in [3.05, 3.63) is 28.7 Å². The standard InChI is InChI=1S/C21H32N4O3/c1-23-19-17(24-12-9-15(10-13-24)20(27-2)28-3)7-4-8-18(19)25(21(23)26)16-6-5-11-22-14-16/h4,7-8,15-16,20,22H,5-6,9-14H2,1-3H3. The van der Waals surface area contributed by atoms with Crippen LogP contribution in [0.5, 0.6) is 0 Å². The molecule has 7 heteroatoms. The van der Waals surface area contributed by atoms with E-state index in [-0.39, 0.29) is 18.0 Å². The van der Waals surface area contributed by atoms with Crippen molar-refractivity contribution in [2.24, 2.45) is 13.0 Å². The summed E-state index contributed by atoms with van der Waals surface area (Å²) in [6.07, 6.45) is 4.06. The van der Waals surface area contributed by atoms with E-state index in [1.165, 1.54) is 0 Å². The highest BCUT2D eigenvalue weighted by Crippen LogP contribution is 2.32. The monoisotopic (exact) mass is 388 g/mol. The predicted molar refractivity (Wildman–Crippen MR) is 111 cm³/mol. The van der Waals surface area contributed by atoms with Gasteiger partial charge in [-0.25, -0.2) is 4.79 Å². The number of nitrogens with one attached hydrogen (secondary N) is 1. The van der Waals surface area contributed by atoms with Gasteiger partial charge in [0.25, 0.3) is 0 Å². The van der Waals surface area contributed by atoms with E-state index in [2.05, 4.69) is 28.4 Å². The van der Waals surface area contributed by atoms with Crippen molar-refractivity contribution in [1.82, 2.24) is 14.5 Å². The van der Waals surface area contributed by atoms with Gasteiger partial charge >= 0.3 is 5.69 Å². The third kappa shape index (κ3) is 3.36. The summed E-state index contributed by atoms with van der Waals surface area (Å²) in [4.78, 5) is 15.5. The van der Waals surface area contributed by atoms with Crippen LogP contribution in [0.4, 0.5) is 5.69 Å². The lowest BCUT2D eigenvalue weighted by Crippen LogP contribution is -2.39. The Morgan fingerprint density at radius 1 is 1.14 bits per heavy atom. The number of aromatic nitrogens is 2. The molecule has 1 unspecified atom stereocenters. The van der Waals surface area contributed by atoms with Crippen molar-refractivity contribution >= 4 is 16.7 Å². The van der Waals surface area contributed by atoms with Gasteiger partial charge in [0, 0.05) is 46.8 Å². The van der Waals surface area contributed by atoms with Crippen LogP contribution in [0, 0.1) is 5.92 Å². The lowest BCUT2D eigenvalue weighted by atomic mass is 9.95. The highest BCUT2D eigenvalue weighted by atomic mass is 16.7. The van der Waals surface area contributed by atoms with Crippen molar-refractivity contribution in [3.63, 3.8) is 0 Å². The summed E-state index contributed by atoms with van der Waals surface area (Å²) < 4.78 is 14.8. The second-order valence-corrected chi connectivity index (χ2v) is 8.02. The quantitative estimate of drug-likeness (QED) is 0.795. The number of piperidine rings is 2. The minimum Gasteiger partial charge on any atom is -0.370 e. The number of ether oxygens (including phenoxy) is 2. The van der Waals surface area contributed by atoms with E-state index < -0.39 is 0 Å². The van der Waals surface area contributed by atoms with Crippen LogP contribution in [0.1, 0.15) is 31.7 Å². The van der Waals surface area contributed by atoms with Gasteiger partial charge in [0.15, 0.2) is 6.29 Å². The Morgan fingerprint density at radius 2 is 1.89 bits per heavy atom. The van der Waals surface area contributed by atoms with E-state index in [0.29, 0.717) is 5.92 Å². The van der Waals surface area contributed by atoms with Crippen molar-refractivity contribution in [1.29, 1.82) is 0 Å². The molecule has 0 radical (unpaired) electrons. The Morgan fingerprint density at radius 3 is 2.54 bits per heavy atom. The molecule has 0 amide bonds. The van der Waals surface area contributed by atoms with Gasteiger partial charge in [0.1, 0.15) is 0 Å². The number of nitrogens with zero attached hydrogens (tertiary/aromatic N) is 3. The summed E-state index contributed by atoms with van der Waals surface area (Å²) in [7, 11) is 5.32. The van der Waals surface area contributed by atoms with Crippen molar-refractivity contribution in [3.8, 4) is 0 Å². The number of imidazole rings is 1. The molecule has 7 nitrogen and oxygen atoms in total. The molecule has 2 aromatic rings. The number of hydrogen-bond donors (Lipinski definition) is 1. The number of hydrogen-bond acceptors (Lipinski definition) is 5. The second kappa shape index (κ2) is 8.27. The second-order valence-electron chi connectivity index (χ2n) is 8.02. The molecule has 1 atom stereocenters. The zero-order chi connectivity index (χ0) is 19.7. The van der Waals surface area contributed by atoms with E-state index in [4.69, 9.17) is 9.47 Å². The van der Waals surface area contributed by atoms with Gasteiger partial charge in [0.2, 0.25) is 0 Å². The van der Waals surface area contributed by atoms with Gasteiger partial charge in [0.05, 0.1) is 22.8 Å². The maximum absolute atomic E-state index is 13.1. The zero-order valence-electron chi connectivity index (χ0n) is 17.2. The molecule has 4 rings (SSSR count). The number of rotatable bonds is 5. The Hall–Kier alpha value is -1.83. The van der Waals surface area contributed by atoms with Crippen molar-refractivity contribution in [2.45, 2.75) is 38.0 Å². The highest BCUT2D eigenvalue weighted by Gasteiger charge is 2.29. The van der Waals surface area contributed by atoms with Crippen LogP contribution in [-0.2, 0) is 16.5 Å². The third-order valence-electron chi connectivity index (χ3n) is 6.45. The van der Waals surface area contributed by atoms with Crippen LogP contribution in [-0.4, -0.2) is 55.8 Å². The maximum atomic E-state index is 13.1. The van der Waals surface area contributed by atoms with Crippen LogP contribution >= 0.6 is 0 Å². The Balaban J connectivity index is 1.65. The third-order valence-corrected chi connectivity index (χ3v) is 6.45.